The molecule has 2 fully saturated rings. The number of aliphatic hydroxyl groups is 3. The van der Waals surface area contributed by atoms with E-state index in [2.05, 4.69) is 5.32 Å². The van der Waals surface area contributed by atoms with E-state index < -0.39 is 130 Å². The fourth-order valence-corrected chi connectivity index (χ4v) is 9.78. The van der Waals surface area contributed by atoms with Crippen LogP contribution >= 0.6 is 0 Å². The molecular weight excluding hydrogens is 925 g/mol. The number of ether oxygens (including phenoxy) is 7. The molecule has 6 aliphatic rings. The molecule has 1 aromatic rings. The van der Waals surface area contributed by atoms with Crippen LogP contribution in [-0.4, -0.2) is 141 Å². The summed E-state index contributed by atoms with van der Waals surface area (Å²) in [6.45, 7) is 20.1. The molecule has 390 valence electrons. The van der Waals surface area contributed by atoms with Gasteiger partial charge in [-0.25, -0.2) is 0 Å². The number of carbonyl (C=O) groups excluding carboxylic acids is 6. The van der Waals surface area contributed by atoms with Crippen LogP contribution in [-0.2, 0) is 42.8 Å². The summed E-state index contributed by atoms with van der Waals surface area (Å²) >= 11 is 0. The van der Waals surface area contributed by atoms with Crippen LogP contribution in [0.1, 0.15) is 126 Å². The highest BCUT2D eigenvalue weighted by Crippen LogP contribution is 2.48. The Morgan fingerprint density at radius 3 is 2.24 bits per heavy atom. The largest absolute Gasteiger partial charge is 0.507 e. The zero-order valence-electron chi connectivity index (χ0n) is 42.5. The van der Waals surface area contributed by atoms with Crippen molar-refractivity contribution in [1.82, 2.24) is 10.2 Å². The van der Waals surface area contributed by atoms with Gasteiger partial charge in [-0.3, -0.25) is 28.8 Å². The second kappa shape index (κ2) is 21.8. The first-order chi connectivity index (χ1) is 33.3. The number of phenols is 1. The molecule has 5 heterocycles. The monoisotopic (exact) mass is 994 g/mol. The molecule has 71 heavy (non-hydrogen) atoms. The molecule has 5 N–H and O–H groups in total. The minimum absolute atomic E-state index is 0.0167. The van der Waals surface area contributed by atoms with Crippen LogP contribution in [0.5, 0.6) is 11.5 Å². The van der Waals surface area contributed by atoms with Gasteiger partial charge in [0.05, 0.1) is 70.7 Å². The van der Waals surface area contributed by atoms with Crippen molar-refractivity contribution in [3.8, 4) is 11.5 Å². The Morgan fingerprint density at radius 1 is 0.930 bits per heavy atom. The number of hydrogen-bond acceptors (Lipinski definition) is 17. The number of aliphatic hydroxyl groups excluding tert-OH is 3. The van der Waals surface area contributed by atoms with Crippen molar-refractivity contribution in [2.75, 3.05) is 19.9 Å². The highest BCUT2D eigenvalue weighted by atomic mass is 16.7. The van der Waals surface area contributed by atoms with E-state index in [1.165, 1.54) is 45.1 Å². The van der Waals surface area contributed by atoms with E-state index in [9.17, 15) is 49.2 Å². The van der Waals surface area contributed by atoms with Crippen LogP contribution in [0, 0.1) is 36.0 Å². The summed E-state index contributed by atoms with van der Waals surface area (Å²) in [5.41, 5.74) is -3.03. The minimum Gasteiger partial charge on any atom is -0.507 e. The maximum absolute atomic E-state index is 14.3. The molecule has 0 saturated carbocycles. The third-order valence-electron chi connectivity index (χ3n) is 14.6. The number of benzene rings is 1. The maximum atomic E-state index is 14.3. The summed E-state index contributed by atoms with van der Waals surface area (Å²) in [4.78, 5) is 84.2. The number of hydrogen-bond donors (Lipinski definition) is 5. The van der Waals surface area contributed by atoms with Crippen LogP contribution in [0.25, 0.3) is 0 Å². The van der Waals surface area contributed by atoms with Gasteiger partial charge in [-0.1, -0.05) is 39.0 Å². The number of nitrogens with one attached hydrogen (secondary N) is 1. The van der Waals surface area contributed by atoms with Gasteiger partial charge < -0.3 is 63.8 Å². The predicted molar refractivity (Wildman–Crippen MR) is 254 cm³/mol. The topological polar surface area (TPSA) is 263 Å². The number of fused-ring (bicyclic) bond motifs is 15. The zero-order chi connectivity index (χ0) is 52.6. The summed E-state index contributed by atoms with van der Waals surface area (Å²) in [7, 11) is 0. The highest BCUT2D eigenvalue weighted by molar-refractivity contribution is 6.30. The molecule has 2 amide bonds. The summed E-state index contributed by atoms with van der Waals surface area (Å²) < 4.78 is 42.2. The first-order valence-electron chi connectivity index (χ1n) is 24.3. The summed E-state index contributed by atoms with van der Waals surface area (Å²) in [5, 5.41) is 50.0. The Kier molecular flexibility index (Phi) is 16.9. The molecule has 2 saturated heterocycles. The number of allylic oxidation sites excluding steroid dienone is 4. The van der Waals surface area contributed by atoms with Crippen molar-refractivity contribution >= 4 is 35.1 Å². The number of esters is 1. The molecule has 0 radical (unpaired) electrons. The smallest absolute Gasteiger partial charge is 0.312 e. The lowest BCUT2D eigenvalue weighted by Gasteiger charge is -2.40. The number of ketones is 3. The Balaban J connectivity index is 1.39. The minimum atomic E-state index is -2.14. The second-order valence-corrected chi connectivity index (χ2v) is 20.1. The van der Waals surface area contributed by atoms with Gasteiger partial charge in [-0.15, -0.1) is 0 Å². The number of rotatable bonds is 9. The van der Waals surface area contributed by atoms with Gasteiger partial charge in [0.2, 0.25) is 11.7 Å². The molecule has 14 atom stereocenters. The molecule has 0 spiro atoms. The third kappa shape index (κ3) is 11.1. The number of aromatic hydroxyl groups is 1. The Morgan fingerprint density at radius 2 is 1.58 bits per heavy atom. The van der Waals surface area contributed by atoms with Gasteiger partial charge in [-0.2, -0.15) is 0 Å². The van der Waals surface area contributed by atoms with E-state index in [-0.39, 0.29) is 60.2 Å². The predicted octanol–water partition coefficient (Wildman–Crippen LogP) is 4.50. The van der Waals surface area contributed by atoms with E-state index in [1.54, 1.807) is 46.4 Å². The molecule has 19 heteroatoms. The highest BCUT2D eigenvalue weighted by Gasteiger charge is 2.52. The van der Waals surface area contributed by atoms with Gasteiger partial charge in [0.25, 0.3) is 11.7 Å². The molecule has 1 unspecified atom stereocenters. The van der Waals surface area contributed by atoms with Crippen LogP contribution in [0.2, 0.25) is 0 Å². The summed E-state index contributed by atoms with van der Waals surface area (Å²) in [6, 6.07) is 0. The molecule has 5 bridgehead atoms. The quantitative estimate of drug-likeness (QED) is 0.213. The Hall–Kier alpha value is -5.28. The number of phenolic OH excluding ortho intramolecular Hbond substituents is 1. The van der Waals surface area contributed by atoms with Crippen molar-refractivity contribution in [3.63, 3.8) is 0 Å². The fraction of sp³-hybridized carbons (Fsp3) is 0.615. The van der Waals surface area contributed by atoms with Crippen molar-refractivity contribution in [1.29, 1.82) is 0 Å². The SMILES string of the molecule is CCN(CC)C(=O)CC(C)(C)C(=O)OC(C)[C@H]1/C=C/C=C(/C)C(=O)NC2=CC(=O)c3c(c(O)c(C)c4c3C(=O)[C@@](C)(O/C=C/[C@H](O[C@H]3C[C@@H]5OCO[C@@H]5[C@@H](C)O3)[C@@H](C)[C@@H](O)[C@H](C)[C@H](O)[C@H](C)[C@H]1O)O4)C2=O. The number of nitrogens with zero attached hydrogens (tertiary/aromatic N) is 1. The zero-order valence-corrected chi connectivity index (χ0v) is 42.5. The first kappa shape index (κ1) is 55.0. The Bertz CT molecular complexity index is 2380. The first-order valence-corrected chi connectivity index (χ1v) is 24.3. The lowest BCUT2D eigenvalue weighted by atomic mass is 9.77. The van der Waals surface area contributed by atoms with E-state index in [0.29, 0.717) is 13.1 Å². The van der Waals surface area contributed by atoms with E-state index in [1.807, 2.05) is 20.8 Å². The number of Topliss-reactive ketones (excluding diaryl/α,β-unsaturated/α-hetero) is 2. The summed E-state index contributed by atoms with van der Waals surface area (Å²) in [5.74, 6) is -11.3. The lowest BCUT2D eigenvalue weighted by Crippen LogP contribution is -2.49. The molecular formula is C52H70N2O17. The van der Waals surface area contributed by atoms with Crippen LogP contribution in [0.15, 0.2) is 47.9 Å². The molecule has 1 aromatic carbocycles. The molecule has 1 aliphatic carbocycles. The van der Waals surface area contributed by atoms with Crippen LogP contribution in [0.3, 0.4) is 0 Å². The van der Waals surface area contributed by atoms with Crippen molar-refractivity contribution in [2.45, 2.75) is 157 Å². The fourth-order valence-electron chi connectivity index (χ4n) is 9.78. The van der Waals surface area contributed by atoms with Crippen molar-refractivity contribution < 1.29 is 82.4 Å². The van der Waals surface area contributed by atoms with Crippen molar-refractivity contribution in [2.24, 2.45) is 29.1 Å². The summed E-state index contributed by atoms with van der Waals surface area (Å²) in [6.07, 6.45) is -0.543. The van der Waals surface area contributed by atoms with E-state index in [4.69, 9.17) is 33.2 Å². The Labute approximate surface area is 414 Å². The van der Waals surface area contributed by atoms with Gasteiger partial charge in [0.1, 0.15) is 30.5 Å². The molecule has 5 aliphatic heterocycles. The van der Waals surface area contributed by atoms with E-state index >= 15 is 0 Å². The molecule has 0 aromatic heterocycles. The number of carbonyl (C=O) groups is 6. The molecule has 7 rings (SSSR count). The second-order valence-electron chi connectivity index (χ2n) is 20.1. The normalized spacial score (nSPS) is 34.7. The van der Waals surface area contributed by atoms with E-state index in [0.717, 1.165) is 12.3 Å². The number of amides is 2. The average Bonchev–Trinajstić information content (AvgIpc) is 3.90. The third-order valence-corrected chi connectivity index (χ3v) is 14.6. The van der Waals surface area contributed by atoms with Gasteiger partial charge in [0.15, 0.2) is 12.1 Å². The van der Waals surface area contributed by atoms with Gasteiger partial charge in [0, 0.05) is 73.7 Å². The van der Waals surface area contributed by atoms with Gasteiger partial charge in [-0.05, 0) is 61.5 Å². The molecule has 19 nitrogen and oxygen atoms in total. The lowest BCUT2D eigenvalue weighted by molar-refractivity contribution is -0.245. The maximum Gasteiger partial charge on any atom is 0.312 e. The van der Waals surface area contributed by atoms with Gasteiger partial charge >= 0.3 is 11.8 Å². The van der Waals surface area contributed by atoms with Crippen LogP contribution < -0.4 is 10.1 Å². The van der Waals surface area contributed by atoms with Crippen LogP contribution in [0.4, 0.5) is 0 Å². The average molecular weight is 995 g/mol. The van der Waals surface area contributed by atoms with Crippen molar-refractivity contribution in [3.05, 3.63) is 70.2 Å². The standard InChI is InChI=1S/C52H70N2O17/c1-13-54(14-2)36(56)22-51(10,11)50(64)69-29(8)31-17-15-16-24(3)49(63)53-32-20-33(55)38-39(45(32)61)44(60)28(7)46-40(38)48(62)52(12,71-46)67-19-18-34(25(4)41(57)26(5)42(58)27(6)43(31)59)70-37-21-35-47(30(9)68-37)66-23-65-35/h15-20,25-27,29-31,34-35,37,41-43,47,57-60H,13-14,21-23H2,1-12H3,(H,53,63)/b17-15+,19-18+,24-16-/t25-,26+,27+,29?,30-,31-,34+,35+,37+,41-,42+,43-,47-,52+/m1/s1.